The fourth-order valence-electron chi connectivity index (χ4n) is 1.75. The second-order valence-electron chi connectivity index (χ2n) is 4.52. The Labute approximate surface area is 98.6 Å². The van der Waals surface area contributed by atoms with Crippen LogP contribution in [0.3, 0.4) is 0 Å². The second kappa shape index (κ2) is 8.01. The van der Waals surface area contributed by atoms with E-state index in [0.29, 0.717) is 18.6 Å². The summed E-state index contributed by atoms with van der Waals surface area (Å²) in [5, 5.41) is 3.44. The van der Waals surface area contributed by atoms with Crippen molar-refractivity contribution in [2.45, 2.75) is 19.3 Å². The molecule has 0 radical (unpaired) electrons. The van der Waals surface area contributed by atoms with Crippen LogP contribution in [0.15, 0.2) is 0 Å². The Bertz CT molecular complexity index is 172. The van der Waals surface area contributed by atoms with E-state index in [0.717, 1.165) is 32.7 Å². The molecule has 1 rings (SSSR count). The normalized spacial score (nSPS) is 17.6. The molecular formula is C12H25NO3. The molecule has 0 aromatic heterocycles. The zero-order valence-corrected chi connectivity index (χ0v) is 10.6. The predicted octanol–water partition coefficient (Wildman–Crippen LogP) is 1.06. The molecule has 0 atom stereocenters. The van der Waals surface area contributed by atoms with Gasteiger partial charge < -0.3 is 19.5 Å². The monoisotopic (exact) mass is 231 g/mol. The van der Waals surface area contributed by atoms with Gasteiger partial charge in [0.15, 0.2) is 0 Å². The summed E-state index contributed by atoms with van der Waals surface area (Å²) in [6.45, 7) is 5.10. The third kappa shape index (κ3) is 5.80. The minimum absolute atomic E-state index is 0.515. The van der Waals surface area contributed by atoms with Gasteiger partial charge in [-0.2, -0.15) is 0 Å². The summed E-state index contributed by atoms with van der Waals surface area (Å²) in [4.78, 5) is 0. The summed E-state index contributed by atoms with van der Waals surface area (Å²) >= 11 is 0. The minimum atomic E-state index is 0.515. The summed E-state index contributed by atoms with van der Waals surface area (Å²) in [6, 6.07) is 0. The standard InChI is InChI=1S/C12H25NO3/c1-14-8-6-13-11-12(3-4-12)5-7-16-10-9-15-2/h13H,3-11H2,1-2H3. The van der Waals surface area contributed by atoms with Gasteiger partial charge in [0.25, 0.3) is 0 Å². The van der Waals surface area contributed by atoms with E-state index in [9.17, 15) is 0 Å². The van der Waals surface area contributed by atoms with Gasteiger partial charge in [-0.05, 0) is 24.7 Å². The Hall–Kier alpha value is -0.160. The summed E-state index contributed by atoms with van der Waals surface area (Å²) < 4.78 is 15.4. The largest absolute Gasteiger partial charge is 0.383 e. The average molecular weight is 231 g/mol. The highest BCUT2D eigenvalue weighted by molar-refractivity contribution is 4.94. The quantitative estimate of drug-likeness (QED) is 0.540. The smallest absolute Gasteiger partial charge is 0.0700 e. The van der Waals surface area contributed by atoms with Crippen molar-refractivity contribution >= 4 is 0 Å². The highest BCUT2D eigenvalue weighted by atomic mass is 16.5. The molecule has 0 aliphatic heterocycles. The van der Waals surface area contributed by atoms with Gasteiger partial charge in [-0.25, -0.2) is 0 Å². The maximum Gasteiger partial charge on any atom is 0.0700 e. The van der Waals surface area contributed by atoms with Crippen LogP contribution in [0.2, 0.25) is 0 Å². The first kappa shape index (κ1) is 13.9. The van der Waals surface area contributed by atoms with Gasteiger partial charge in [-0.3, -0.25) is 0 Å². The first-order valence-corrected chi connectivity index (χ1v) is 6.09. The van der Waals surface area contributed by atoms with Crippen molar-refractivity contribution in [1.82, 2.24) is 5.32 Å². The van der Waals surface area contributed by atoms with Gasteiger partial charge >= 0.3 is 0 Å². The van der Waals surface area contributed by atoms with Gasteiger partial charge in [0.1, 0.15) is 0 Å². The fourth-order valence-corrected chi connectivity index (χ4v) is 1.75. The summed E-state index contributed by atoms with van der Waals surface area (Å²) in [7, 11) is 3.43. The minimum Gasteiger partial charge on any atom is -0.383 e. The number of rotatable bonds is 11. The molecule has 1 N–H and O–H groups in total. The molecule has 0 spiro atoms. The highest BCUT2D eigenvalue weighted by Gasteiger charge is 2.41. The molecule has 4 heteroatoms. The molecule has 0 aromatic rings. The molecule has 1 aliphatic carbocycles. The molecular weight excluding hydrogens is 206 g/mol. The summed E-state index contributed by atoms with van der Waals surface area (Å²) in [5.41, 5.74) is 0.515. The van der Waals surface area contributed by atoms with Gasteiger partial charge in [0, 0.05) is 33.9 Å². The zero-order chi connectivity index (χ0) is 11.7. The van der Waals surface area contributed by atoms with Crippen molar-refractivity contribution in [1.29, 1.82) is 0 Å². The first-order valence-electron chi connectivity index (χ1n) is 6.09. The summed E-state index contributed by atoms with van der Waals surface area (Å²) in [6.07, 6.45) is 3.83. The molecule has 96 valence electrons. The second-order valence-corrected chi connectivity index (χ2v) is 4.52. The molecule has 1 saturated carbocycles. The van der Waals surface area contributed by atoms with Crippen LogP contribution in [0.25, 0.3) is 0 Å². The van der Waals surface area contributed by atoms with Gasteiger partial charge in [-0.15, -0.1) is 0 Å². The third-order valence-corrected chi connectivity index (χ3v) is 3.15. The van der Waals surface area contributed by atoms with Gasteiger partial charge in [-0.1, -0.05) is 0 Å². The zero-order valence-electron chi connectivity index (χ0n) is 10.6. The Balaban J connectivity index is 1.93. The molecule has 16 heavy (non-hydrogen) atoms. The van der Waals surface area contributed by atoms with E-state index in [-0.39, 0.29) is 0 Å². The van der Waals surface area contributed by atoms with Crippen LogP contribution in [0.1, 0.15) is 19.3 Å². The van der Waals surface area contributed by atoms with Crippen LogP contribution in [0.4, 0.5) is 0 Å². The maximum absolute atomic E-state index is 5.50. The van der Waals surface area contributed by atoms with Crippen LogP contribution in [0, 0.1) is 5.41 Å². The fraction of sp³-hybridized carbons (Fsp3) is 1.00. The van der Waals surface area contributed by atoms with E-state index in [1.165, 1.54) is 12.8 Å². The average Bonchev–Trinajstić information content (AvgIpc) is 3.05. The molecule has 0 unspecified atom stereocenters. The first-order chi connectivity index (χ1) is 7.83. The molecule has 0 heterocycles. The highest BCUT2D eigenvalue weighted by Crippen LogP contribution is 2.48. The van der Waals surface area contributed by atoms with Gasteiger partial charge in [0.05, 0.1) is 19.8 Å². The Kier molecular flexibility index (Phi) is 6.96. The number of ether oxygens (including phenoxy) is 3. The van der Waals surface area contributed by atoms with E-state index in [1.54, 1.807) is 14.2 Å². The van der Waals surface area contributed by atoms with E-state index < -0.39 is 0 Å². The van der Waals surface area contributed by atoms with E-state index in [2.05, 4.69) is 5.32 Å². The van der Waals surface area contributed by atoms with Crippen LogP contribution in [-0.2, 0) is 14.2 Å². The Morgan fingerprint density at radius 3 is 2.38 bits per heavy atom. The molecule has 0 saturated heterocycles. The Morgan fingerprint density at radius 2 is 1.75 bits per heavy atom. The van der Waals surface area contributed by atoms with Crippen LogP contribution in [0.5, 0.6) is 0 Å². The molecule has 0 bridgehead atoms. The number of nitrogens with one attached hydrogen (secondary N) is 1. The van der Waals surface area contributed by atoms with Crippen LogP contribution < -0.4 is 5.32 Å². The SMILES string of the molecule is COCCNCC1(CCOCCOC)CC1. The van der Waals surface area contributed by atoms with E-state index >= 15 is 0 Å². The lowest BCUT2D eigenvalue weighted by Crippen LogP contribution is -2.28. The third-order valence-electron chi connectivity index (χ3n) is 3.15. The topological polar surface area (TPSA) is 39.7 Å². The van der Waals surface area contributed by atoms with E-state index in [4.69, 9.17) is 14.2 Å². The Morgan fingerprint density at radius 1 is 1.00 bits per heavy atom. The lowest BCUT2D eigenvalue weighted by Gasteiger charge is -2.15. The van der Waals surface area contributed by atoms with Crippen molar-refractivity contribution < 1.29 is 14.2 Å². The number of hydrogen-bond donors (Lipinski definition) is 1. The molecule has 1 fully saturated rings. The maximum atomic E-state index is 5.50. The molecule has 1 aliphatic rings. The molecule has 0 aromatic carbocycles. The van der Waals surface area contributed by atoms with Crippen molar-refractivity contribution in [3.63, 3.8) is 0 Å². The number of hydrogen-bond acceptors (Lipinski definition) is 4. The van der Waals surface area contributed by atoms with Gasteiger partial charge in [0.2, 0.25) is 0 Å². The van der Waals surface area contributed by atoms with Crippen LogP contribution >= 0.6 is 0 Å². The van der Waals surface area contributed by atoms with Crippen molar-refractivity contribution in [3.8, 4) is 0 Å². The number of methoxy groups -OCH3 is 2. The lowest BCUT2D eigenvalue weighted by atomic mass is 10.0. The lowest BCUT2D eigenvalue weighted by molar-refractivity contribution is 0.0617. The van der Waals surface area contributed by atoms with Crippen molar-refractivity contribution in [2.24, 2.45) is 5.41 Å². The molecule has 0 amide bonds. The van der Waals surface area contributed by atoms with Crippen molar-refractivity contribution in [3.05, 3.63) is 0 Å². The predicted molar refractivity (Wildman–Crippen MR) is 63.7 cm³/mol. The summed E-state index contributed by atoms with van der Waals surface area (Å²) in [5.74, 6) is 0. The van der Waals surface area contributed by atoms with Crippen molar-refractivity contribution in [2.75, 3.05) is 53.7 Å². The van der Waals surface area contributed by atoms with Crippen LogP contribution in [-0.4, -0.2) is 53.7 Å². The molecule has 4 nitrogen and oxygen atoms in total. The van der Waals surface area contributed by atoms with E-state index in [1.807, 2.05) is 0 Å².